The van der Waals surface area contributed by atoms with E-state index in [1.807, 2.05) is 18.2 Å². The third-order valence-corrected chi connectivity index (χ3v) is 3.96. The van der Waals surface area contributed by atoms with Crippen LogP contribution in [-0.2, 0) is 11.2 Å². The van der Waals surface area contributed by atoms with Crippen molar-refractivity contribution < 1.29 is 23.1 Å². The monoisotopic (exact) mass is 348 g/mol. The van der Waals surface area contributed by atoms with Crippen molar-refractivity contribution in [1.82, 2.24) is 4.90 Å². The third kappa shape index (κ3) is 3.15. The van der Waals surface area contributed by atoms with Gasteiger partial charge in [-0.25, -0.2) is 4.99 Å². The van der Waals surface area contributed by atoms with Gasteiger partial charge in [0.2, 0.25) is 0 Å². The number of alkyl halides is 3. The molecule has 130 valence electrons. The minimum Gasteiger partial charge on any atom is -0.355 e. The van der Waals surface area contributed by atoms with Crippen molar-refractivity contribution in [1.29, 1.82) is 0 Å². The number of hydrogen-bond acceptors (Lipinski definition) is 3. The number of amides is 1. The molecule has 1 aliphatic heterocycles. The van der Waals surface area contributed by atoms with E-state index < -0.39 is 17.8 Å². The van der Waals surface area contributed by atoms with E-state index in [0.29, 0.717) is 12.0 Å². The van der Waals surface area contributed by atoms with Crippen molar-refractivity contribution in [2.75, 3.05) is 6.54 Å². The molecule has 0 fully saturated rings. The van der Waals surface area contributed by atoms with Crippen LogP contribution in [0.5, 0.6) is 0 Å². The summed E-state index contributed by atoms with van der Waals surface area (Å²) in [5.74, 6) is -1.66. The van der Waals surface area contributed by atoms with E-state index in [1.165, 1.54) is 0 Å². The second-order valence-corrected chi connectivity index (χ2v) is 5.66. The minimum absolute atomic E-state index is 0.0189. The van der Waals surface area contributed by atoms with E-state index in [0.717, 1.165) is 10.5 Å². The average Bonchev–Trinajstić information content (AvgIpc) is 2.87. The molecule has 1 amide bonds. The van der Waals surface area contributed by atoms with Gasteiger partial charge in [0.15, 0.2) is 0 Å². The quantitative estimate of drug-likeness (QED) is 0.924. The first-order chi connectivity index (χ1) is 11.8. The molecule has 0 spiro atoms. The van der Waals surface area contributed by atoms with Crippen LogP contribution in [-0.4, -0.2) is 40.2 Å². The maximum absolute atomic E-state index is 13.2. The van der Waals surface area contributed by atoms with E-state index in [-0.39, 0.29) is 12.4 Å². The largest absolute Gasteiger partial charge is 0.448 e. The first-order valence-corrected chi connectivity index (χ1v) is 7.63. The molecule has 7 heteroatoms. The standard InChI is InChI=1S/C18H15F3N2O2/c19-18(20,21)17(25)16(24)23(12-11-13-7-3-1-4-8-13)15(22-17)14-9-5-2-6-10-14/h1-10,25H,11-12H2/t17-/m0/s1. The van der Waals surface area contributed by atoms with Crippen LogP contribution in [0.2, 0.25) is 0 Å². The van der Waals surface area contributed by atoms with Crippen molar-refractivity contribution in [3.8, 4) is 0 Å². The van der Waals surface area contributed by atoms with Crippen LogP contribution in [0.4, 0.5) is 13.2 Å². The zero-order chi connectivity index (χ0) is 18.1. The van der Waals surface area contributed by atoms with Crippen LogP contribution in [0, 0.1) is 0 Å². The van der Waals surface area contributed by atoms with Crippen LogP contribution in [0.3, 0.4) is 0 Å². The van der Waals surface area contributed by atoms with Crippen molar-refractivity contribution in [3.05, 3.63) is 71.8 Å². The number of carbonyl (C=O) groups excluding carboxylic acids is 1. The molecular weight excluding hydrogens is 333 g/mol. The average molecular weight is 348 g/mol. The first kappa shape index (κ1) is 17.2. The number of halogens is 3. The van der Waals surface area contributed by atoms with Gasteiger partial charge in [-0.05, 0) is 12.0 Å². The fourth-order valence-electron chi connectivity index (χ4n) is 2.63. The fourth-order valence-corrected chi connectivity index (χ4v) is 2.63. The fraction of sp³-hybridized carbons (Fsp3) is 0.222. The molecular formula is C18H15F3N2O2. The second kappa shape index (κ2) is 6.33. The highest BCUT2D eigenvalue weighted by molar-refractivity contribution is 6.14. The summed E-state index contributed by atoms with van der Waals surface area (Å²) < 4.78 is 39.6. The Morgan fingerprint density at radius 3 is 2.12 bits per heavy atom. The Hall–Kier alpha value is -2.67. The molecule has 0 aromatic heterocycles. The Kier molecular flexibility index (Phi) is 4.34. The Morgan fingerprint density at radius 1 is 1.00 bits per heavy atom. The predicted molar refractivity (Wildman–Crippen MR) is 85.8 cm³/mol. The number of amidine groups is 1. The molecule has 3 rings (SSSR count). The molecule has 1 N–H and O–H groups in total. The molecule has 1 atom stereocenters. The number of rotatable bonds is 4. The summed E-state index contributed by atoms with van der Waals surface area (Å²) >= 11 is 0. The summed E-state index contributed by atoms with van der Waals surface area (Å²) in [5, 5.41) is 9.89. The lowest BCUT2D eigenvalue weighted by Crippen LogP contribution is -2.52. The van der Waals surface area contributed by atoms with Gasteiger partial charge in [0.05, 0.1) is 0 Å². The zero-order valence-corrected chi connectivity index (χ0v) is 13.1. The van der Waals surface area contributed by atoms with E-state index in [9.17, 15) is 23.1 Å². The molecule has 4 nitrogen and oxygen atoms in total. The van der Waals surface area contributed by atoms with Gasteiger partial charge in [0.1, 0.15) is 5.84 Å². The summed E-state index contributed by atoms with van der Waals surface area (Å²) in [6.45, 7) is -0.0189. The Bertz CT molecular complexity index is 791. The highest BCUT2D eigenvalue weighted by Gasteiger charge is 2.65. The second-order valence-electron chi connectivity index (χ2n) is 5.66. The predicted octanol–water partition coefficient (Wildman–Crippen LogP) is 2.77. The van der Waals surface area contributed by atoms with Crippen molar-refractivity contribution in [2.24, 2.45) is 4.99 Å². The third-order valence-electron chi connectivity index (χ3n) is 3.96. The summed E-state index contributed by atoms with van der Waals surface area (Å²) in [6.07, 6.45) is -4.85. The lowest BCUT2D eigenvalue weighted by atomic mass is 10.1. The Morgan fingerprint density at radius 2 is 1.56 bits per heavy atom. The summed E-state index contributed by atoms with van der Waals surface area (Å²) in [7, 11) is 0. The normalized spacial score (nSPS) is 20.7. The molecule has 0 bridgehead atoms. The number of aliphatic hydroxyl groups is 1. The van der Waals surface area contributed by atoms with Gasteiger partial charge in [-0.1, -0.05) is 60.7 Å². The SMILES string of the molecule is O=C1N(CCc2ccccc2)C(c2ccccc2)=N[C@@]1(O)C(F)(F)F. The van der Waals surface area contributed by atoms with Crippen molar-refractivity contribution in [3.63, 3.8) is 0 Å². The lowest BCUT2D eigenvalue weighted by molar-refractivity contribution is -0.248. The topological polar surface area (TPSA) is 52.9 Å². The van der Waals surface area contributed by atoms with Gasteiger partial charge >= 0.3 is 11.9 Å². The molecule has 1 aliphatic rings. The molecule has 0 saturated carbocycles. The number of aliphatic imine (C=N–C) groups is 1. The molecule has 0 saturated heterocycles. The summed E-state index contributed by atoms with van der Waals surface area (Å²) in [4.78, 5) is 16.6. The highest BCUT2D eigenvalue weighted by Crippen LogP contribution is 2.38. The molecule has 2 aromatic carbocycles. The van der Waals surface area contributed by atoms with Crippen LogP contribution in [0.15, 0.2) is 65.7 Å². The summed E-state index contributed by atoms with van der Waals surface area (Å²) in [6, 6.07) is 17.1. The number of benzene rings is 2. The van der Waals surface area contributed by atoms with Crippen LogP contribution in [0.25, 0.3) is 0 Å². The van der Waals surface area contributed by atoms with E-state index in [2.05, 4.69) is 4.99 Å². The van der Waals surface area contributed by atoms with Gasteiger partial charge in [0, 0.05) is 12.1 Å². The van der Waals surface area contributed by atoms with Crippen molar-refractivity contribution >= 4 is 11.7 Å². The van der Waals surface area contributed by atoms with Gasteiger partial charge in [-0.2, -0.15) is 13.2 Å². The Balaban J connectivity index is 1.94. The van der Waals surface area contributed by atoms with Gasteiger partial charge < -0.3 is 5.11 Å². The number of carbonyl (C=O) groups is 1. The zero-order valence-electron chi connectivity index (χ0n) is 13.1. The molecule has 25 heavy (non-hydrogen) atoms. The van der Waals surface area contributed by atoms with E-state index in [1.54, 1.807) is 42.5 Å². The molecule has 0 radical (unpaired) electrons. The highest BCUT2D eigenvalue weighted by atomic mass is 19.4. The van der Waals surface area contributed by atoms with Gasteiger partial charge in [-0.3, -0.25) is 9.69 Å². The molecule has 0 aliphatic carbocycles. The van der Waals surface area contributed by atoms with Crippen LogP contribution >= 0.6 is 0 Å². The van der Waals surface area contributed by atoms with Crippen LogP contribution in [0.1, 0.15) is 11.1 Å². The van der Waals surface area contributed by atoms with Gasteiger partial charge in [-0.15, -0.1) is 0 Å². The smallest absolute Gasteiger partial charge is 0.355 e. The van der Waals surface area contributed by atoms with Gasteiger partial charge in [0.25, 0.3) is 5.91 Å². The first-order valence-electron chi connectivity index (χ1n) is 7.63. The minimum atomic E-state index is -5.19. The van der Waals surface area contributed by atoms with Crippen LogP contribution < -0.4 is 0 Å². The van der Waals surface area contributed by atoms with Crippen molar-refractivity contribution in [2.45, 2.75) is 18.3 Å². The Labute approximate surface area is 142 Å². The summed E-state index contributed by atoms with van der Waals surface area (Å²) in [5.41, 5.74) is -2.54. The van der Waals surface area contributed by atoms with E-state index >= 15 is 0 Å². The number of nitrogens with zero attached hydrogens (tertiary/aromatic N) is 2. The molecule has 0 unspecified atom stereocenters. The number of hydrogen-bond donors (Lipinski definition) is 1. The molecule has 1 heterocycles. The maximum atomic E-state index is 13.2. The van der Waals surface area contributed by atoms with E-state index in [4.69, 9.17) is 0 Å². The lowest BCUT2D eigenvalue weighted by Gasteiger charge is -2.23. The maximum Gasteiger partial charge on any atom is 0.448 e. The molecule has 2 aromatic rings.